The third kappa shape index (κ3) is 5.65. The van der Waals surface area contributed by atoms with Gasteiger partial charge in [0.2, 0.25) is 0 Å². The fourth-order valence-electron chi connectivity index (χ4n) is 0.248. The minimum atomic E-state index is -0.612. The Balaban J connectivity index is 3.28. The summed E-state index contributed by atoms with van der Waals surface area (Å²) in [4.78, 5) is 20.3. The first-order valence-electron chi connectivity index (χ1n) is 2.20. The van der Waals surface area contributed by atoms with Gasteiger partial charge in [-0.15, -0.1) is 12.6 Å². The third-order valence-corrected chi connectivity index (χ3v) is 1.02. The van der Waals surface area contributed by atoms with Crippen LogP contribution in [0.1, 0.15) is 12.8 Å². The van der Waals surface area contributed by atoms with Crippen LogP contribution in [-0.4, -0.2) is 11.1 Å². The SMILES string of the molecule is O=C(S)CCC(=O)OCl. The Bertz CT molecular complexity index is 125. The molecular formula is C4H5ClO3S. The predicted octanol–water partition coefficient (Wildman–Crippen LogP) is 0.920. The summed E-state index contributed by atoms with van der Waals surface area (Å²) in [6.07, 6.45) is 0.0560. The molecule has 0 radical (unpaired) electrons. The summed E-state index contributed by atoms with van der Waals surface area (Å²) in [5.74, 6) is -0.612. The number of halogens is 1. The molecule has 0 aliphatic heterocycles. The van der Waals surface area contributed by atoms with Crippen molar-refractivity contribution in [1.29, 1.82) is 0 Å². The standard InChI is InChI=1S/C4H5ClO3S/c5-8-3(6)1-2-4(7)9/h1-2H2,(H,7,9). The van der Waals surface area contributed by atoms with Gasteiger partial charge in [0.05, 0.1) is 6.42 Å². The van der Waals surface area contributed by atoms with E-state index in [1.807, 2.05) is 0 Å². The van der Waals surface area contributed by atoms with E-state index in [4.69, 9.17) is 0 Å². The Morgan fingerprint density at radius 3 is 2.33 bits per heavy atom. The van der Waals surface area contributed by atoms with E-state index >= 15 is 0 Å². The topological polar surface area (TPSA) is 43.4 Å². The monoisotopic (exact) mass is 168 g/mol. The number of carbonyl (C=O) groups excluding carboxylic acids is 2. The van der Waals surface area contributed by atoms with E-state index in [-0.39, 0.29) is 18.0 Å². The van der Waals surface area contributed by atoms with Gasteiger partial charge in [0.25, 0.3) is 0 Å². The molecule has 0 aliphatic carbocycles. The molecule has 0 saturated heterocycles. The van der Waals surface area contributed by atoms with E-state index in [2.05, 4.69) is 28.8 Å². The molecule has 0 unspecified atom stereocenters. The van der Waals surface area contributed by atoms with Gasteiger partial charge in [0.1, 0.15) is 11.9 Å². The lowest BCUT2D eigenvalue weighted by Crippen LogP contribution is -1.98. The molecule has 0 aromatic heterocycles. The molecule has 52 valence electrons. The van der Waals surface area contributed by atoms with Gasteiger partial charge < -0.3 is 4.29 Å². The normalized spacial score (nSPS) is 8.67. The van der Waals surface area contributed by atoms with Crippen LogP contribution in [0.5, 0.6) is 0 Å². The van der Waals surface area contributed by atoms with Gasteiger partial charge in [-0.1, -0.05) is 0 Å². The Morgan fingerprint density at radius 2 is 2.00 bits per heavy atom. The molecule has 0 bridgehead atoms. The number of hydrogen-bond donors (Lipinski definition) is 1. The molecule has 9 heavy (non-hydrogen) atoms. The highest BCUT2D eigenvalue weighted by atomic mass is 35.5. The lowest BCUT2D eigenvalue weighted by atomic mass is 10.3. The van der Waals surface area contributed by atoms with E-state index in [0.29, 0.717) is 0 Å². The first kappa shape index (κ1) is 8.78. The Hall–Kier alpha value is -0.220. The summed E-state index contributed by atoms with van der Waals surface area (Å²) in [6, 6.07) is 0. The second-order valence-corrected chi connectivity index (χ2v) is 2.00. The van der Waals surface area contributed by atoms with Crippen molar-refractivity contribution in [3.8, 4) is 0 Å². The molecule has 0 fully saturated rings. The van der Waals surface area contributed by atoms with E-state index in [9.17, 15) is 9.59 Å². The van der Waals surface area contributed by atoms with Crippen molar-refractivity contribution in [1.82, 2.24) is 0 Å². The van der Waals surface area contributed by atoms with Crippen LogP contribution in [0.3, 0.4) is 0 Å². The molecule has 0 saturated carbocycles. The summed E-state index contributed by atoms with van der Waals surface area (Å²) in [6.45, 7) is 0. The predicted molar refractivity (Wildman–Crippen MR) is 35.2 cm³/mol. The maximum atomic E-state index is 10.2. The van der Waals surface area contributed by atoms with Crippen LogP contribution in [0.15, 0.2) is 0 Å². The number of hydrogen-bond acceptors (Lipinski definition) is 3. The van der Waals surface area contributed by atoms with Crippen LogP contribution in [0.2, 0.25) is 0 Å². The quantitative estimate of drug-likeness (QED) is 0.638. The highest BCUT2D eigenvalue weighted by Crippen LogP contribution is 1.97. The summed E-state index contributed by atoms with van der Waals surface area (Å²) in [5.41, 5.74) is 0. The summed E-state index contributed by atoms with van der Waals surface area (Å²) < 4.78 is 3.75. The highest BCUT2D eigenvalue weighted by Gasteiger charge is 2.02. The average molecular weight is 169 g/mol. The van der Waals surface area contributed by atoms with Crippen molar-refractivity contribution in [2.75, 3.05) is 0 Å². The van der Waals surface area contributed by atoms with E-state index in [1.54, 1.807) is 0 Å². The second kappa shape index (κ2) is 4.64. The zero-order valence-electron chi connectivity index (χ0n) is 4.46. The van der Waals surface area contributed by atoms with Crippen molar-refractivity contribution < 1.29 is 13.9 Å². The Morgan fingerprint density at radius 1 is 1.44 bits per heavy atom. The first-order chi connectivity index (χ1) is 4.16. The van der Waals surface area contributed by atoms with Crippen LogP contribution in [0.4, 0.5) is 0 Å². The highest BCUT2D eigenvalue weighted by molar-refractivity contribution is 7.96. The van der Waals surface area contributed by atoms with Crippen LogP contribution < -0.4 is 0 Å². The lowest BCUT2D eigenvalue weighted by molar-refractivity contribution is -0.135. The van der Waals surface area contributed by atoms with Crippen molar-refractivity contribution >= 4 is 35.6 Å². The molecule has 0 spiro atoms. The van der Waals surface area contributed by atoms with Crippen molar-refractivity contribution in [3.05, 3.63) is 0 Å². The van der Waals surface area contributed by atoms with Gasteiger partial charge in [-0.05, 0) is 0 Å². The largest absolute Gasteiger partial charge is 0.348 e. The third-order valence-electron chi connectivity index (χ3n) is 0.629. The number of thiol groups is 1. The van der Waals surface area contributed by atoms with Gasteiger partial charge in [0.15, 0.2) is 5.12 Å². The molecule has 0 aromatic rings. The van der Waals surface area contributed by atoms with E-state index in [0.717, 1.165) is 0 Å². The van der Waals surface area contributed by atoms with Crippen molar-refractivity contribution in [3.63, 3.8) is 0 Å². The van der Waals surface area contributed by atoms with Gasteiger partial charge in [-0.25, -0.2) is 0 Å². The summed E-state index contributed by atoms with van der Waals surface area (Å²) >= 11 is 8.07. The van der Waals surface area contributed by atoms with Gasteiger partial charge in [-0.3, -0.25) is 9.59 Å². The van der Waals surface area contributed by atoms with Crippen LogP contribution >= 0.6 is 24.5 Å². The molecule has 0 aliphatic rings. The van der Waals surface area contributed by atoms with Gasteiger partial charge in [0, 0.05) is 6.42 Å². The molecular weight excluding hydrogens is 164 g/mol. The summed E-state index contributed by atoms with van der Waals surface area (Å²) in [7, 11) is 0. The molecule has 3 nitrogen and oxygen atoms in total. The van der Waals surface area contributed by atoms with Crippen LogP contribution in [0, 0.1) is 0 Å². The fourth-order valence-corrected chi connectivity index (χ4v) is 0.437. The molecule has 0 aromatic carbocycles. The maximum Gasteiger partial charge on any atom is 0.325 e. The molecule has 0 rings (SSSR count). The fraction of sp³-hybridized carbons (Fsp3) is 0.500. The minimum absolute atomic E-state index is 0.00810. The van der Waals surface area contributed by atoms with Crippen LogP contribution in [0.25, 0.3) is 0 Å². The molecule has 0 amide bonds. The molecule has 0 heterocycles. The van der Waals surface area contributed by atoms with Gasteiger partial charge in [-0.2, -0.15) is 0 Å². The molecule has 0 atom stereocenters. The van der Waals surface area contributed by atoms with E-state index < -0.39 is 5.97 Å². The summed E-state index contributed by atoms with van der Waals surface area (Å²) in [5, 5.41) is -0.350. The lowest BCUT2D eigenvalue weighted by Gasteiger charge is -1.89. The zero-order valence-corrected chi connectivity index (χ0v) is 6.11. The second-order valence-electron chi connectivity index (χ2n) is 1.34. The van der Waals surface area contributed by atoms with E-state index in [1.165, 1.54) is 0 Å². The minimum Gasteiger partial charge on any atom is -0.348 e. The number of rotatable bonds is 3. The maximum absolute atomic E-state index is 10.2. The molecule has 0 N–H and O–H groups in total. The first-order valence-corrected chi connectivity index (χ1v) is 2.95. The van der Waals surface area contributed by atoms with Crippen molar-refractivity contribution in [2.24, 2.45) is 0 Å². The smallest absolute Gasteiger partial charge is 0.325 e. The average Bonchev–Trinajstić information content (AvgIpc) is 1.83. The van der Waals surface area contributed by atoms with Gasteiger partial charge >= 0.3 is 5.97 Å². The van der Waals surface area contributed by atoms with Crippen LogP contribution in [-0.2, 0) is 13.9 Å². The molecule has 5 heteroatoms. The van der Waals surface area contributed by atoms with Crippen molar-refractivity contribution in [2.45, 2.75) is 12.8 Å². The number of carbonyl (C=O) groups is 2. The Kier molecular flexibility index (Phi) is 4.53. The Labute approximate surface area is 62.9 Å². The zero-order chi connectivity index (χ0) is 7.28.